The predicted molar refractivity (Wildman–Crippen MR) is 79.9 cm³/mol. The fourth-order valence-corrected chi connectivity index (χ4v) is 3.63. The molecule has 0 saturated heterocycles. The minimum absolute atomic E-state index is 0.410. The summed E-state index contributed by atoms with van der Waals surface area (Å²) in [6, 6.07) is 1.71. The Morgan fingerprint density at radius 2 is 2.05 bits per heavy atom. The monoisotopic (exact) mass is 327 g/mol. The highest BCUT2D eigenvalue weighted by Gasteiger charge is 2.31. The highest BCUT2D eigenvalue weighted by Crippen LogP contribution is 2.28. The molecule has 3 rings (SSSR count). The average Bonchev–Trinajstić information content (AvgIpc) is 3.16. The second-order valence-electron chi connectivity index (χ2n) is 4.68. The highest BCUT2D eigenvalue weighted by atomic mass is 32.1. The number of thiazole rings is 1. The van der Waals surface area contributed by atoms with E-state index in [1.165, 1.54) is 22.7 Å². The number of nitrogens with zero attached hydrogens (tertiary/aromatic N) is 2. The first-order chi connectivity index (χ1) is 10.1. The molecule has 3 aromatic heterocycles. The van der Waals surface area contributed by atoms with Crippen LogP contribution >= 0.6 is 22.7 Å². The van der Waals surface area contributed by atoms with Gasteiger partial charge in [0.25, 0.3) is 5.91 Å². The van der Waals surface area contributed by atoms with Crippen LogP contribution in [-0.4, -0.2) is 56.0 Å². The molecular weight excluding hydrogens is 314 g/mol. The van der Waals surface area contributed by atoms with Crippen molar-refractivity contribution in [1.29, 1.82) is 0 Å². The second kappa shape index (κ2) is 5.35. The van der Waals surface area contributed by atoms with Crippen molar-refractivity contribution in [1.82, 2.24) is 14.7 Å². The number of carbonyl (C=O) groups excluding carboxylic acids is 1. The van der Waals surface area contributed by atoms with Crippen LogP contribution in [0.1, 0.15) is 9.67 Å². The molecular formula is C12H13N3O4S2. The molecule has 0 aromatic carbocycles. The Morgan fingerprint density at radius 1 is 1.33 bits per heavy atom. The predicted octanol–water partition coefficient (Wildman–Crippen LogP) is 0.0560. The summed E-state index contributed by atoms with van der Waals surface area (Å²) in [7, 11) is 0. The molecule has 7 nitrogen and oxygen atoms in total. The Labute approximate surface area is 127 Å². The van der Waals surface area contributed by atoms with Crippen LogP contribution in [0.3, 0.4) is 0 Å². The SMILES string of the molecule is O=C(NC(CO)(CO)CO)c1cc2c(nc3sccn32)s1. The van der Waals surface area contributed by atoms with Crippen LogP contribution in [0.15, 0.2) is 17.6 Å². The number of hydrogen-bond donors (Lipinski definition) is 4. The van der Waals surface area contributed by atoms with Gasteiger partial charge in [0, 0.05) is 11.6 Å². The summed E-state index contributed by atoms with van der Waals surface area (Å²) >= 11 is 2.74. The van der Waals surface area contributed by atoms with Crippen LogP contribution in [0.5, 0.6) is 0 Å². The Kier molecular flexibility index (Phi) is 3.68. The molecule has 0 aliphatic rings. The van der Waals surface area contributed by atoms with E-state index in [0.717, 1.165) is 15.3 Å². The van der Waals surface area contributed by atoms with Crippen LogP contribution in [0.2, 0.25) is 0 Å². The number of imidazole rings is 1. The first-order valence-electron chi connectivity index (χ1n) is 6.12. The van der Waals surface area contributed by atoms with Crippen molar-refractivity contribution in [3.8, 4) is 0 Å². The molecule has 0 aliphatic carbocycles. The maximum Gasteiger partial charge on any atom is 0.262 e. The lowest BCUT2D eigenvalue weighted by Gasteiger charge is -2.28. The van der Waals surface area contributed by atoms with Gasteiger partial charge in [-0.1, -0.05) is 0 Å². The summed E-state index contributed by atoms with van der Waals surface area (Å²) in [4.78, 5) is 18.6. The van der Waals surface area contributed by atoms with Gasteiger partial charge in [-0.15, -0.1) is 22.7 Å². The van der Waals surface area contributed by atoms with E-state index in [9.17, 15) is 20.1 Å². The Bertz CT molecular complexity index is 779. The third-order valence-electron chi connectivity index (χ3n) is 3.25. The van der Waals surface area contributed by atoms with E-state index in [4.69, 9.17) is 0 Å². The number of carbonyl (C=O) groups is 1. The molecule has 0 fully saturated rings. The van der Waals surface area contributed by atoms with Gasteiger partial charge < -0.3 is 20.6 Å². The van der Waals surface area contributed by atoms with Crippen molar-refractivity contribution >= 4 is 43.9 Å². The molecule has 3 heterocycles. The number of aliphatic hydroxyl groups excluding tert-OH is 3. The number of fused-ring (bicyclic) bond motifs is 3. The highest BCUT2D eigenvalue weighted by molar-refractivity contribution is 7.21. The molecule has 0 unspecified atom stereocenters. The van der Waals surface area contributed by atoms with E-state index in [2.05, 4.69) is 10.3 Å². The van der Waals surface area contributed by atoms with Crippen molar-refractivity contribution in [2.45, 2.75) is 5.54 Å². The molecule has 0 atom stereocenters. The third kappa shape index (κ3) is 2.32. The number of hydrogen-bond acceptors (Lipinski definition) is 7. The van der Waals surface area contributed by atoms with Gasteiger partial charge in [-0.05, 0) is 6.07 Å². The van der Waals surface area contributed by atoms with Gasteiger partial charge in [-0.25, -0.2) is 4.98 Å². The summed E-state index contributed by atoms with van der Waals surface area (Å²) in [5.41, 5.74) is -0.590. The van der Waals surface area contributed by atoms with Gasteiger partial charge >= 0.3 is 0 Å². The largest absolute Gasteiger partial charge is 0.394 e. The number of rotatable bonds is 5. The van der Waals surface area contributed by atoms with Crippen LogP contribution in [0, 0.1) is 0 Å². The molecule has 112 valence electrons. The number of aliphatic hydroxyl groups is 3. The summed E-state index contributed by atoms with van der Waals surface area (Å²) in [6.45, 7) is -1.65. The fourth-order valence-electron chi connectivity index (χ4n) is 1.93. The normalized spacial score (nSPS) is 12.3. The molecule has 0 spiro atoms. The minimum Gasteiger partial charge on any atom is -0.394 e. The van der Waals surface area contributed by atoms with Crippen molar-refractivity contribution in [2.24, 2.45) is 0 Å². The summed E-state index contributed by atoms with van der Waals surface area (Å²) in [5, 5.41) is 32.1. The van der Waals surface area contributed by atoms with Crippen molar-refractivity contribution < 1.29 is 20.1 Å². The van der Waals surface area contributed by atoms with E-state index in [-0.39, 0.29) is 0 Å². The zero-order chi connectivity index (χ0) is 15.0. The Morgan fingerprint density at radius 3 is 2.71 bits per heavy atom. The Balaban J connectivity index is 1.92. The van der Waals surface area contributed by atoms with Gasteiger partial charge in [0.1, 0.15) is 10.4 Å². The van der Waals surface area contributed by atoms with Crippen LogP contribution in [0.4, 0.5) is 0 Å². The van der Waals surface area contributed by atoms with Gasteiger partial charge in [0.2, 0.25) is 0 Å². The molecule has 3 aromatic rings. The van der Waals surface area contributed by atoms with Crippen molar-refractivity contribution in [2.75, 3.05) is 19.8 Å². The lowest BCUT2D eigenvalue weighted by Crippen LogP contribution is -2.56. The van der Waals surface area contributed by atoms with Gasteiger partial charge in [-0.3, -0.25) is 9.20 Å². The van der Waals surface area contributed by atoms with Crippen LogP contribution in [-0.2, 0) is 0 Å². The van der Waals surface area contributed by atoms with Crippen molar-refractivity contribution in [3.63, 3.8) is 0 Å². The second-order valence-corrected chi connectivity index (χ2v) is 6.58. The number of aromatic nitrogens is 2. The number of thiophene rings is 1. The van der Waals surface area contributed by atoms with E-state index in [1.54, 1.807) is 6.07 Å². The van der Waals surface area contributed by atoms with Crippen molar-refractivity contribution in [3.05, 3.63) is 22.5 Å². The standard InChI is InChI=1S/C12H13N3O4S2/c16-4-12(5-17,6-18)14-9(19)8-3-7-10(21-8)13-11-15(7)1-2-20-11/h1-3,16-18H,4-6H2,(H,14,19). The topological polar surface area (TPSA) is 107 Å². The third-order valence-corrected chi connectivity index (χ3v) is 5.02. The van der Waals surface area contributed by atoms with Gasteiger partial charge in [0.15, 0.2) is 4.96 Å². The Hall–Kier alpha value is -1.52. The van der Waals surface area contributed by atoms with Gasteiger partial charge in [-0.2, -0.15) is 0 Å². The van der Waals surface area contributed by atoms with E-state index in [0.29, 0.717) is 4.88 Å². The first kappa shape index (κ1) is 14.4. The molecule has 21 heavy (non-hydrogen) atoms. The molecule has 0 radical (unpaired) electrons. The summed E-state index contributed by atoms with van der Waals surface area (Å²) < 4.78 is 1.89. The zero-order valence-electron chi connectivity index (χ0n) is 10.8. The lowest BCUT2D eigenvalue weighted by molar-refractivity contribution is 0.0377. The van der Waals surface area contributed by atoms with E-state index >= 15 is 0 Å². The van der Waals surface area contributed by atoms with E-state index in [1.807, 2.05) is 16.0 Å². The summed E-state index contributed by atoms with van der Waals surface area (Å²) in [5.74, 6) is -0.459. The molecule has 0 aliphatic heterocycles. The molecule has 0 bridgehead atoms. The van der Waals surface area contributed by atoms with Crippen LogP contribution in [0.25, 0.3) is 15.3 Å². The summed E-state index contributed by atoms with van der Waals surface area (Å²) in [6.07, 6.45) is 1.88. The molecule has 0 saturated carbocycles. The molecule has 4 N–H and O–H groups in total. The number of amides is 1. The van der Waals surface area contributed by atoms with E-state index < -0.39 is 31.3 Å². The average molecular weight is 327 g/mol. The number of nitrogens with one attached hydrogen (secondary N) is 1. The maximum absolute atomic E-state index is 12.2. The first-order valence-corrected chi connectivity index (χ1v) is 7.82. The molecule has 9 heteroatoms. The van der Waals surface area contributed by atoms with Gasteiger partial charge in [0.05, 0.1) is 30.2 Å². The van der Waals surface area contributed by atoms with Crippen LogP contribution < -0.4 is 5.32 Å². The quantitative estimate of drug-likeness (QED) is 0.530. The smallest absolute Gasteiger partial charge is 0.262 e. The minimum atomic E-state index is -1.43. The molecule has 1 amide bonds. The zero-order valence-corrected chi connectivity index (χ0v) is 12.4. The lowest BCUT2D eigenvalue weighted by atomic mass is 10.0. The fraction of sp³-hybridized carbons (Fsp3) is 0.333. The maximum atomic E-state index is 12.2.